The van der Waals surface area contributed by atoms with E-state index in [0.717, 1.165) is 178 Å². The Morgan fingerprint density at radius 3 is 0.682 bits per heavy atom. The van der Waals surface area contributed by atoms with Crippen LogP contribution in [0.2, 0.25) is 0 Å². The average molecular weight is 1670 g/mol. The summed E-state index contributed by atoms with van der Waals surface area (Å²) < 4.78 is 0. The van der Waals surface area contributed by atoms with Gasteiger partial charge in [0.25, 0.3) is 0 Å². The first kappa shape index (κ1) is 109. The lowest BCUT2D eigenvalue weighted by atomic mass is 9.40. The molecule has 0 saturated heterocycles. The average Bonchev–Trinajstić information content (AvgIpc) is 1.52. The normalized spacial score (nSPS) is 31.6. The third kappa shape index (κ3) is 32.1. The van der Waals surface area contributed by atoms with Crippen molar-refractivity contribution in [1.82, 2.24) is 0 Å². The number of hydrogen-bond donors (Lipinski definition) is 0. The zero-order chi connectivity index (χ0) is 95.7. The summed E-state index contributed by atoms with van der Waals surface area (Å²) >= 11 is 0. The minimum atomic E-state index is 0.431. The lowest BCUT2D eigenvalue weighted by Crippen LogP contribution is -2.60. The lowest BCUT2D eigenvalue weighted by molar-refractivity contribution is -0.172. The largest absolute Gasteiger partial charge is 0.107 e. The quantitative estimate of drug-likeness (QED) is 0.230. The predicted molar refractivity (Wildman–Crippen MR) is 541 cm³/mol. The van der Waals surface area contributed by atoms with E-state index in [9.17, 15) is 0 Å². The van der Waals surface area contributed by atoms with E-state index in [4.69, 9.17) is 25.7 Å². The molecule has 1 spiro atoms. The molecule has 30 atom stereocenters. The van der Waals surface area contributed by atoms with Crippen LogP contribution in [0.15, 0.2) is 0 Å². The minimum Gasteiger partial charge on any atom is -0.107 e. The molecular weight excluding hydrogens is 1550 g/mol. The van der Waals surface area contributed by atoms with Gasteiger partial charge in [0.1, 0.15) is 0 Å². The van der Waals surface area contributed by atoms with Gasteiger partial charge < -0.3 is 0 Å². The highest BCUT2D eigenvalue weighted by atomic mass is 14.8. The Morgan fingerprint density at radius 2 is 0.403 bits per heavy atom. The van der Waals surface area contributed by atoms with Gasteiger partial charge in [0.15, 0.2) is 0 Å². The van der Waals surface area contributed by atoms with Gasteiger partial charge in [-0.25, -0.2) is 0 Å². The Bertz CT molecular complexity index is 6110. The summed E-state index contributed by atoms with van der Waals surface area (Å²) in [7, 11) is 0. The van der Waals surface area contributed by atoms with Crippen LogP contribution < -0.4 is 0 Å². The van der Waals surface area contributed by atoms with Crippen LogP contribution in [0.1, 0.15) is 212 Å². The summed E-state index contributed by atoms with van der Waals surface area (Å²) in [6.45, 7) is 65.5. The zero-order valence-corrected chi connectivity index (χ0v) is 81.2. The highest BCUT2D eigenvalue weighted by Crippen LogP contribution is 2.78. The van der Waals surface area contributed by atoms with Crippen LogP contribution in [0, 0.1) is 581 Å². The van der Waals surface area contributed by atoms with E-state index in [1.807, 2.05) is 13.8 Å². The van der Waals surface area contributed by atoms with E-state index < -0.39 is 0 Å². The zero-order valence-electron chi connectivity index (χ0n) is 81.2. The summed E-state index contributed by atoms with van der Waals surface area (Å²) in [5.41, 5.74) is 0.928. The molecule has 8 aliphatic rings. The summed E-state index contributed by atoms with van der Waals surface area (Å²) in [4.78, 5) is 0. The SMILES string of the molecule is C#CC#CC.C#CC#CC#CC#CC#CC#CC#CC#CC#CC#CC.C#CC#CC#CC#CC#CC#CC#CC#CC#CC#CC#C.CC#CC.CC#CC#CC#CC#CC#CC#CC#CC#CC#CC.CC1C(C)C(C)C(C2(C)CC3(CC4CCC5C(C)C(C)C(C)C(C)C5C4C4C(C3)C(C)C(C)C3C(C)C(C)C(C)C(C)C34)C3C(C)C(C)C(C)C(C)C32)C(C)C1C. The third-order valence-corrected chi connectivity index (χ3v) is 30.5. The Balaban J connectivity index is 0.000000492. The predicted octanol–water partition coefficient (Wildman–Crippen LogP) is 19.6. The molecule has 30 unspecified atom stereocenters. The van der Waals surface area contributed by atoms with Gasteiger partial charge in [0.05, 0.1) is 0 Å². The maximum atomic E-state index is 4.90. The molecule has 8 rings (SSSR count). The molecule has 0 aromatic rings. The third-order valence-electron chi connectivity index (χ3n) is 30.5. The van der Waals surface area contributed by atoms with Crippen molar-refractivity contribution < 1.29 is 0 Å². The summed E-state index contributed by atoms with van der Waals surface area (Å²) in [5, 5.41) is 0. The smallest absolute Gasteiger partial charge is 0 e. The molecule has 0 nitrogen and oxygen atoms in total. The van der Waals surface area contributed by atoms with Crippen molar-refractivity contribution in [3.8, 4) is 393 Å². The number of fused-ring (bicyclic) bond motifs is 9. The number of hydrogen-bond acceptors (Lipinski definition) is 0. The van der Waals surface area contributed by atoms with Gasteiger partial charge in [0.2, 0.25) is 0 Å². The van der Waals surface area contributed by atoms with E-state index in [1.54, 1.807) is 53.4 Å². The molecule has 638 valence electrons. The Hall–Kier alpha value is -14.5. The van der Waals surface area contributed by atoms with Crippen LogP contribution in [0.4, 0.5) is 0 Å². The molecule has 0 N–H and O–H groups in total. The minimum absolute atomic E-state index is 0.431. The van der Waals surface area contributed by atoms with Gasteiger partial charge in [-0.2, -0.15) is 0 Å². The van der Waals surface area contributed by atoms with Crippen LogP contribution in [0.5, 0.6) is 0 Å². The van der Waals surface area contributed by atoms with Crippen LogP contribution in [0.25, 0.3) is 0 Å². The first-order chi connectivity index (χ1) is 62.1. The maximum absolute atomic E-state index is 4.90. The lowest BCUT2D eigenvalue weighted by Gasteiger charge is -2.65. The van der Waals surface area contributed by atoms with Gasteiger partial charge in [-0.05, 0) is 558 Å². The molecule has 8 aliphatic carbocycles. The Labute approximate surface area is 787 Å². The van der Waals surface area contributed by atoms with Gasteiger partial charge in [-0.1, -0.05) is 162 Å². The van der Waals surface area contributed by atoms with E-state index in [2.05, 4.69) is 506 Å². The van der Waals surface area contributed by atoms with Crippen molar-refractivity contribution >= 4 is 0 Å². The van der Waals surface area contributed by atoms with E-state index in [1.165, 1.54) is 6.42 Å². The van der Waals surface area contributed by atoms with Gasteiger partial charge in [-0.15, -0.1) is 37.5 Å². The summed E-state index contributed by atoms with van der Waals surface area (Å²) in [6.07, 6.45) is 27.2. The van der Waals surface area contributed by atoms with Gasteiger partial charge >= 0.3 is 0 Å². The second-order valence-electron chi connectivity index (χ2n) is 35.5. The molecule has 129 heavy (non-hydrogen) atoms. The molecule has 0 aromatic carbocycles. The fraction of sp³-hybridized carbons (Fsp3) is 0.488. The first-order valence-electron chi connectivity index (χ1n) is 45.0. The number of rotatable bonds is 1. The van der Waals surface area contributed by atoms with Crippen molar-refractivity contribution in [3.63, 3.8) is 0 Å². The Kier molecular flexibility index (Phi) is 50.7. The van der Waals surface area contributed by atoms with Crippen molar-refractivity contribution in [2.24, 2.45) is 188 Å². The fourth-order valence-corrected chi connectivity index (χ4v) is 23.9. The molecule has 8 saturated carbocycles. The highest BCUT2D eigenvalue weighted by molar-refractivity contribution is 5.51. The molecule has 0 amide bonds. The monoisotopic (exact) mass is 1670 g/mol. The molecule has 0 bridgehead atoms. The van der Waals surface area contributed by atoms with Crippen LogP contribution >= 0.6 is 0 Å². The first-order valence-corrected chi connectivity index (χ1v) is 45.0. The van der Waals surface area contributed by atoms with Crippen molar-refractivity contribution in [3.05, 3.63) is 0 Å². The summed E-state index contributed by atoms with van der Waals surface area (Å²) in [6, 6.07) is 0. The summed E-state index contributed by atoms with van der Waals surface area (Å²) in [5.74, 6) is 179. The molecule has 8 fully saturated rings. The molecule has 0 aromatic heterocycles. The van der Waals surface area contributed by atoms with Gasteiger partial charge in [-0.3, -0.25) is 0 Å². The van der Waals surface area contributed by atoms with Crippen molar-refractivity contribution in [2.75, 3.05) is 0 Å². The highest BCUT2D eigenvalue weighted by Gasteiger charge is 2.72. The van der Waals surface area contributed by atoms with E-state index in [0.29, 0.717) is 10.8 Å². The molecule has 0 radical (unpaired) electrons. The van der Waals surface area contributed by atoms with Crippen LogP contribution in [-0.4, -0.2) is 0 Å². The van der Waals surface area contributed by atoms with E-state index in [-0.39, 0.29) is 0 Å². The fourth-order valence-electron chi connectivity index (χ4n) is 23.9. The van der Waals surface area contributed by atoms with Crippen LogP contribution in [0.3, 0.4) is 0 Å². The molecule has 0 heterocycles. The van der Waals surface area contributed by atoms with Gasteiger partial charge in [0, 0.05) is 35.5 Å². The molecular formula is C129H122. The van der Waals surface area contributed by atoms with E-state index >= 15 is 0 Å². The second-order valence-corrected chi connectivity index (χ2v) is 35.5. The van der Waals surface area contributed by atoms with Crippen molar-refractivity contribution in [1.29, 1.82) is 0 Å². The van der Waals surface area contributed by atoms with Crippen molar-refractivity contribution in [2.45, 2.75) is 212 Å². The van der Waals surface area contributed by atoms with Crippen LogP contribution in [-0.2, 0) is 0 Å². The standard InChI is InChI=1S/C57H100.C22H2.C21H4.C20H6.C5H4.C4H6/c1-26-31(6)41(16)53(42(17)32(26)7)56(20)25-57(55-44(19)34(9)33(8)43(18)54(55)56)23-45-21-22-46-35(10)27(2)28(3)38(13)49(46)51(45)52-47(24-57)36(11)40(15)48-37(12)29(4)30(5)39(14)50(48)52;1-3-5-7-9-11-13-15-17-19-21-22-20-18-16-14-12-10-8-6-4-2;1-3-5-7-9-11-13-15-17-19-21-20-18-16-14-12-10-8-6-4-2;1-3-5-7-9-11-13-15-17-19-20-18-16-14-12-10-8-6-4-2;1-3-5-4-2;1-3-4-2/h26-55H,21-25H2,1-20H3;1-2H;1H,2H3;1-2H3;1H,2H3;1-2H3. The topological polar surface area (TPSA) is 0 Å². The molecule has 0 heteroatoms. The Morgan fingerprint density at radius 1 is 0.178 bits per heavy atom. The molecule has 0 aliphatic heterocycles. The maximum Gasteiger partial charge on any atom is 0 e. The second kappa shape index (κ2) is 60.2. The number of terminal acetylenes is 4.